The zero-order valence-corrected chi connectivity index (χ0v) is 11.2. The van der Waals surface area contributed by atoms with E-state index in [2.05, 4.69) is 10.4 Å². The number of alkyl halides is 2. The van der Waals surface area contributed by atoms with E-state index in [0.717, 1.165) is 5.69 Å². The molecule has 0 spiro atoms. The first-order valence-corrected chi connectivity index (χ1v) is 5.74. The van der Waals surface area contributed by atoms with E-state index in [1.807, 2.05) is 0 Å². The van der Waals surface area contributed by atoms with E-state index in [1.165, 1.54) is 0 Å². The number of aromatic nitrogens is 2. The van der Waals surface area contributed by atoms with Gasteiger partial charge in [-0.3, -0.25) is 9.48 Å². The second-order valence-electron chi connectivity index (χ2n) is 4.25. The summed E-state index contributed by atoms with van der Waals surface area (Å²) in [6.45, 7) is 1.58. The largest absolute Gasteiger partial charge is 0.480 e. The van der Waals surface area contributed by atoms with Crippen LogP contribution >= 0.6 is 0 Å². The summed E-state index contributed by atoms with van der Waals surface area (Å²) in [6.07, 6.45) is 0. The van der Waals surface area contributed by atoms with Crippen molar-refractivity contribution in [3.63, 3.8) is 0 Å². The maximum absolute atomic E-state index is 12.8. The number of aryl methyl sites for hydroxylation is 2. The average Bonchev–Trinajstić information content (AvgIpc) is 2.59. The number of nitrogens with one attached hydrogen (secondary N) is 1. The van der Waals surface area contributed by atoms with Crippen molar-refractivity contribution in [1.29, 1.82) is 0 Å². The molecule has 0 unspecified atom stereocenters. The molecule has 8 heteroatoms. The van der Waals surface area contributed by atoms with Gasteiger partial charge >= 0.3 is 0 Å². The Morgan fingerprint density at radius 2 is 2.16 bits per heavy atom. The number of carbonyl (C=O) groups is 1. The van der Waals surface area contributed by atoms with Gasteiger partial charge in [-0.2, -0.15) is 5.10 Å². The number of nitrogens with zero attached hydrogens (tertiary/aromatic N) is 2. The van der Waals surface area contributed by atoms with Crippen LogP contribution in [-0.4, -0.2) is 41.3 Å². The first-order chi connectivity index (χ1) is 8.76. The second-order valence-corrected chi connectivity index (χ2v) is 4.25. The normalized spacial score (nSPS) is 11.5. The predicted molar refractivity (Wildman–Crippen MR) is 65.2 cm³/mol. The zero-order valence-electron chi connectivity index (χ0n) is 11.2. The SMILES string of the molecule is Cc1nn(C)c(C)c1OCC(=O)NCC(F)(F)CN. The molecule has 1 rings (SSSR count). The maximum atomic E-state index is 12.8. The van der Waals surface area contributed by atoms with Crippen molar-refractivity contribution >= 4 is 5.91 Å². The van der Waals surface area contributed by atoms with Gasteiger partial charge < -0.3 is 15.8 Å². The van der Waals surface area contributed by atoms with Crippen molar-refractivity contribution in [2.24, 2.45) is 12.8 Å². The molecule has 1 heterocycles. The van der Waals surface area contributed by atoms with Crippen LogP contribution in [0.3, 0.4) is 0 Å². The van der Waals surface area contributed by atoms with E-state index in [9.17, 15) is 13.6 Å². The third-order valence-electron chi connectivity index (χ3n) is 2.63. The number of amides is 1. The summed E-state index contributed by atoms with van der Waals surface area (Å²) < 4.78 is 32.5. The fraction of sp³-hybridized carbons (Fsp3) is 0.636. The Morgan fingerprint density at radius 1 is 1.53 bits per heavy atom. The topological polar surface area (TPSA) is 82.2 Å². The van der Waals surface area contributed by atoms with Gasteiger partial charge in [0, 0.05) is 7.05 Å². The van der Waals surface area contributed by atoms with Gasteiger partial charge in [0.1, 0.15) is 5.69 Å². The minimum Gasteiger partial charge on any atom is -0.480 e. The minimum atomic E-state index is -3.10. The first-order valence-electron chi connectivity index (χ1n) is 5.74. The fourth-order valence-corrected chi connectivity index (χ4v) is 1.45. The van der Waals surface area contributed by atoms with E-state index < -0.39 is 24.9 Å². The smallest absolute Gasteiger partial charge is 0.277 e. The predicted octanol–water partition coefficient (Wildman–Crippen LogP) is 0.126. The van der Waals surface area contributed by atoms with Crippen LogP contribution in [-0.2, 0) is 11.8 Å². The van der Waals surface area contributed by atoms with Crippen molar-refractivity contribution in [3.8, 4) is 5.75 Å². The third kappa shape index (κ3) is 4.16. The molecule has 19 heavy (non-hydrogen) atoms. The number of rotatable bonds is 6. The van der Waals surface area contributed by atoms with Crippen LogP contribution in [0.1, 0.15) is 11.4 Å². The van der Waals surface area contributed by atoms with Crippen LogP contribution in [0.15, 0.2) is 0 Å². The van der Waals surface area contributed by atoms with Crippen molar-refractivity contribution in [2.45, 2.75) is 19.8 Å². The van der Waals surface area contributed by atoms with E-state index in [4.69, 9.17) is 10.5 Å². The highest BCUT2D eigenvalue weighted by molar-refractivity contribution is 5.77. The van der Waals surface area contributed by atoms with Crippen molar-refractivity contribution in [3.05, 3.63) is 11.4 Å². The molecule has 0 fully saturated rings. The van der Waals surface area contributed by atoms with Crippen LogP contribution in [0.4, 0.5) is 8.78 Å². The molecule has 0 aliphatic heterocycles. The van der Waals surface area contributed by atoms with Gasteiger partial charge in [0.15, 0.2) is 12.4 Å². The molecular weight excluding hydrogens is 258 g/mol. The lowest BCUT2D eigenvalue weighted by Crippen LogP contribution is -2.43. The monoisotopic (exact) mass is 276 g/mol. The van der Waals surface area contributed by atoms with E-state index in [0.29, 0.717) is 11.4 Å². The first kappa shape index (κ1) is 15.4. The molecular formula is C11H18F2N4O2. The molecule has 0 aliphatic carbocycles. The van der Waals surface area contributed by atoms with Crippen molar-refractivity contribution in [1.82, 2.24) is 15.1 Å². The molecule has 1 aromatic rings. The summed E-state index contributed by atoms with van der Waals surface area (Å²) in [4.78, 5) is 11.4. The third-order valence-corrected chi connectivity index (χ3v) is 2.63. The quantitative estimate of drug-likeness (QED) is 0.773. The summed E-state index contributed by atoms with van der Waals surface area (Å²) in [5.41, 5.74) is 6.26. The van der Waals surface area contributed by atoms with E-state index >= 15 is 0 Å². The van der Waals surface area contributed by atoms with Crippen LogP contribution in [0.25, 0.3) is 0 Å². The van der Waals surface area contributed by atoms with Gasteiger partial charge in [0.05, 0.1) is 18.8 Å². The Bertz CT molecular complexity index is 460. The molecule has 1 amide bonds. The minimum absolute atomic E-state index is 0.339. The Hall–Kier alpha value is -1.70. The van der Waals surface area contributed by atoms with Gasteiger partial charge in [0.2, 0.25) is 0 Å². The van der Waals surface area contributed by atoms with Crippen LogP contribution in [0.5, 0.6) is 5.75 Å². The summed E-state index contributed by atoms with van der Waals surface area (Å²) >= 11 is 0. The lowest BCUT2D eigenvalue weighted by molar-refractivity contribution is -0.124. The lowest BCUT2D eigenvalue weighted by Gasteiger charge is -2.14. The van der Waals surface area contributed by atoms with Gasteiger partial charge in [-0.25, -0.2) is 8.78 Å². The summed E-state index contributed by atoms with van der Waals surface area (Å²) in [7, 11) is 1.75. The summed E-state index contributed by atoms with van der Waals surface area (Å²) in [5.74, 6) is -3.24. The highest BCUT2D eigenvalue weighted by Gasteiger charge is 2.27. The molecule has 108 valence electrons. The number of hydrogen-bond acceptors (Lipinski definition) is 4. The lowest BCUT2D eigenvalue weighted by atomic mass is 10.3. The van der Waals surface area contributed by atoms with Gasteiger partial charge in [-0.1, -0.05) is 0 Å². The molecule has 0 saturated heterocycles. The Labute approximate surface area is 109 Å². The summed E-state index contributed by atoms with van der Waals surface area (Å²) in [5, 5.41) is 6.18. The van der Waals surface area contributed by atoms with Gasteiger partial charge in [-0.15, -0.1) is 0 Å². The molecule has 0 saturated carbocycles. The fourth-order valence-electron chi connectivity index (χ4n) is 1.45. The average molecular weight is 276 g/mol. The Morgan fingerprint density at radius 3 is 2.63 bits per heavy atom. The van der Waals surface area contributed by atoms with Gasteiger partial charge in [0.25, 0.3) is 11.8 Å². The number of carbonyl (C=O) groups excluding carboxylic acids is 1. The van der Waals surface area contributed by atoms with Crippen LogP contribution in [0, 0.1) is 13.8 Å². The molecule has 0 radical (unpaired) electrons. The molecule has 3 N–H and O–H groups in total. The maximum Gasteiger partial charge on any atom is 0.277 e. The Kier molecular flexibility index (Phi) is 4.82. The van der Waals surface area contributed by atoms with Crippen LogP contribution < -0.4 is 15.8 Å². The second kappa shape index (κ2) is 5.96. The standard InChI is InChI=1S/C11H18F2N4O2/c1-7-10(8(2)17(3)16-7)19-4-9(18)15-6-11(12,13)5-14/h4-6,14H2,1-3H3,(H,15,18). The van der Waals surface area contributed by atoms with Crippen molar-refractivity contribution in [2.75, 3.05) is 19.7 Å². The molecule has 0 aliphatic rings. The van der Waals surface area contributed by atoms with E-state index in [1.54, 1.807) is 25.6 Å². The number of halogens is 2. The van der Waals surface area contributed by atoms with E-state index in [-0.39, 0.29) is 6.61 Å². The molecule has 6 nitrogen and oxygen atoms in total. The highest BCUT2D eigenvalue weighted by atomic mass is 19.3. The van der Waals surface area contributed by atoms with Crippen molar-refractivity contribution < 1.29 is 18.3 Å². The summed E-state index contributed by atoms with van der Waals surface area (Å²) in [6, 6.07) is 0. The number of hydrogen-bond donors (Lipinski definition) is 2. The van der Waals surface area contributed by atoms with Gasteiger partial charge in [-0.05, 0) is 13.8 Å². The molecule has 0 aromatic carbocycles. The molecule has 0 atom stereocenters. The molecule has 1 aromatic heterocycles. The number of nitrogens with two attached hydrogens (primary N) is 1. The van der Waals surface area contributed by atoms with Crippen LogP contribution in [0.2, 0.25) is 0 Å². The molecule has 0 bridgehead atoms. The number of ether oxygens (including phenoxy) is 1. The zero-order chi connectivity index (χ0) is 14.6. The highest BCUT2D eigenvalue weighted by Crippen LogP contribution is 2.21. The Balaban J connectivity index is 2.47.